The number of nitrogens with zero attached hydrogens (tertiary/aromatic N) is 1. The predicted molar refractivity (Wildman–Crippen MR) is 201 cm³/mol. The van der Waals surface area contributed by atoms with Gasteiger partial charge in [0.2, 0.25) is 29.5 Å². The van der Waals surface area contributed by atoms with E-state index in [2.05, 4.69) is 16.0 Å². The minimum absolute atomic E-state index is 0.0443. The number of carbonyl (C=O) groups excluding carboxylic acids is 6. The molecule has 0 saturated carbocycles. The maximum atomic E-state index is 13.8. The number of amides is 5. The summed E-state index contributed by atoms with van der Waals surface area (Å²) in [4.78, 5) is 79.2. The molecule has 0 aliphatic rings. The van der Waals surface area contributed by atoms with Crippen LogP contribution in [-0.2, 0) is 51.3 Å². The van der Waals surface area contributed by atoms with E-state index in [1.807, 2.05) is 60.7 Å². The Morgan fingerprint density at radius 1 is 0.736 bits per heavy atom. The molecule has 2 aromatic rings. The van der Waals surface area contributed by atoms with Gasteiger partial charge in [0.25, 0.3) is 0 Å². The second-order valence-electron chi connectivity index (χ2n) is 13.7. The van der Waals surface area contributed by atoms with Crippen molar-refractivity contribution in [1.29, 1.82) is 0 Å². The maximum Gasteiger partial charge on any atom is 0.329 e. The van der Waals surface area contributed by atoms with Gasteiger partial charge in [-0.05, 0) is 56.1 Å². The topological polar surface area (TPSA) is 212 Å². The molecule has 53 heavy (non-hydrogen) atoms. The second-order valence-corrected chi connectivity index (χ2v) is 13.7. The normalized spacial score (nSPS) is 14.5. The number of hydrogen-bond donors (Lipinski definition) is 5. The fraction of sp³-hybridized carbons (Fsp3) is 0.538. The molecule has 0 radical (unpaired) electrons. The predicted octanol–water partition coefficient (Wildman–Crippen LogP) is 1.98. The lowest BCUT2D eigenvalue weighted by molar-refractivity contribution is -0.162. The molecule has 292 valence electrons. The Hall–Kier alpha value is -4.66. The van der Waals surface area contributed by atoms with Crippen LogP contribution in [0.2, 0.25) is 0 Å². The molecular formula is C39H58N6O8. The van der Waals surface area contributed by atoms with Crippen molar-refractivity contribution in [3.05, 3.63) is 71.8 Å². The van der Waals surface area contributed by atoms with Crippen molar-refractivity contribution in [1.82, 2.24) is 20.9 Å². The van der Waals surface area contributed by atoms with Crippen molar-refractivity contribution < 1.29 is 38.2 Å². The average molecular weight is 739 g/mol. The lowest BCUT2D eigenvalue weighted by Crippen LogP contribution is -2.58. The van der Waals surface area contributed by atoms with Gasteiger partial charge in [0.05, 0.1) is 26.4 Å². The number of benzene rings is 2. The molecule has 0 aliphatic heterocycles. The van der Waals surface area contributed by atoms with Crippen LogP contribution in [0.25, 0.3) is 0 Å². The summed E-state index contributed by atoms with van der Waals surface area (Å²) in [7, 11) is 1.19. The second kappa shape index (κ2) is 23.1. The van der Waals surface area contributed by atoms with E-state index in [1.54, 1.807) is 20.8 Å². The summed E-state index contributed by atoms with van der Waals surface area (Å²) >= 11 is 0. The average Bonchev–Trinajstić information content (AvgIpc) is 3.15. The first-order valence-corrected chi connectivity index (χ1v) is 18.2. The number of ether oxygens (including phenoxy) is 2. The molecule has 6 atom stereocenters. The lowest BCUT2D eigenvalue weighted by atomic mass is 9.96. The van der Waals surface area contributed by atoms with Crippen molar-refractivity contribution >= 4 is 35.5 Å². The van der Waals surface area contributed by atoms with Crippen molar-refractivity contribution in [2.75, 3.05) is 20.3 Å². The smallest absolute Gasteiger partial charge is 0.329 e. The zero-order valence-corrected chi connectivity index (χ0v) is 31.8. The van der Waals surface area contributed by atoms with Crippen molar-refractivity contribution in [2.45, 2.75) is 104 Å². The molecule has 5 amide bonds. The summed E-state index contributed by atoms with van der Waals surface area (Å²) in [5, 5.41) is 7.73. The lowest BCUT2D eigenvalue weighted by Gasteiger charge is -2.34. The van der Waals surface area contributed by atoms with Crippen LogP contribution < -0.4 is 27.4 Å². The molecule has 0 heterocycles. The number of esters is 1. The van der Waals surface area contributed by atoms with Gasteiger partial charge in [-0.2, -0.15) is 0 Å². The molecule has 0 saturated heterocycles. The molecular weight excluding hydrogens is 680 g/mol. The first-order valence-electron chi connectivity index (χ1n) is 18.2. The van der Waals surface area contributed by atoms with Crippen LogP contribution in [-0.4, -0.2) is 90.9 Å². The van der Waals surface area contributed by atoms with Gasteiger partial charge in [-0.25, -0.2) is 4.79 Å². The summed E-state index contributed by atoms with van der Waals surface area (Å²) in [6, 6.07) is 13.9. The number of unbranched alkanes of at least 4 members (excludes halogenated alkanes) is 2. The molecule has 0 bridgehead atoms. The standard InChI is InChI=1S/C39H58N6O8/c1-25(2)34(39(51)52-6)45(32(46)21-15-9-12-18-29-16-10-7-11-17-29)38(50)33(41)26(3)22-42-35(47)27(4)43-36(48)28(5)44-37(49)31(40)24-53-23-30-19-13-8-14-20-30/h7-8,10-11,13-14,16-17,19-20,25-28,31,33-34H,9,12,15,18,21-24,40-41H2,1-6H3,(H,42,47)(H,43,48)(H,44,49)/t26?,27-,28-,31-,33?,34?/m0/s1. The molecule has 0 aliphatic carbocycles. The summed E-state index contributed by atoms with van der Waals surface area (Å²) in [6.45, 7) is 8.12. The first kappa shape index (κ1) is 44.5. The minimum Gasteiger partial charge on any atom is -0.467 e. The van der Waals surface area contributed by atoms with E-state index >= 15 is 0 Å². The van der Waals surface area contributed by atoms with Crippen LogP contribution in [0, 0.1) is 11.8 Å². The van der Waals surface area contributed by atoms with Gasteiger partial charge in [-0.15, -0.1) is 0 Å². The Kier molecular flexibility index (Phi) is 19.4. The fourth-order valence-electron chi connectivity index (χ4n) is 5.45. The van der Waals surface area contributed by atoms with Crippen molar-refractivity contribution in [3.63, 3.8) is 0 Å². The van der Waals surface area contributed by atoms with Gasteiger partial charge in [-0.1, -0.05) is 87.9 Å². The van der Waals surface area contributed by atoms with Crippen LogP contribution in [0.4, 0.5) is 0 Å². The number of aryl methyl sites for hydroxylation is 1. The fourth-order valence-corrected chi connectivity index (χ4v) is 5.45. The Morgan fingerprint density at radius 3 is 1.89 bits per heavy atom. The van der Waals surface area contributed by atoms with E-state index in [0.717, 1.165) is 29.7 Å². The van der Waals surface area contributed by atoms with E-state index in [1.165, 1.54) is 26.5 Å². The molecule has 0 aromatic heterocycles. The molecule has 3 unspecified atom stereocenters. The molecule has 2 aromatic carbocycles. The highest BCUT2D eigenvalue weighted by molar-refractivity contribution is 6.01. The van der Waals surface area contributed by atoms with Crippen LogP contribution >= 0.6 is 0 Å². The SMILES string of the molecule is COC(=O)C(C(C)C)N(C(=O)CCCCCc1ccccc1)C(=O)C(N)C(C)CNC(=O)[C@H](C)NC(=O)[C@H](C)NC(=O)[C@@H](N)COCc1ccccc1. The maximum absolute atomic E-state index is 13.8. The highest BCUT2D eigenvalue weighted by Gasteiger charge is 2.40. The number of rotatable bonds is 22. The summed E-state index contributed by atoms with van der Waals surface area (Å²) in [5.74, 6) is -4.88. The highest BCUT2D eigenvalue weighted by atomic mass is 16.5. The number of carbonyl (C=O) groups is 6. The third-order valence-electron chi connectivity index (χ3n) is 8.80. The monoisotopic (exact) mass is 738 g/mol. The van der Waals surface area contributed by atoms with E-state index in [4.69, 9.17) is 20.9 Å². The Morgan fingerprint density at radius 2 is 1.30 bits per heavy atom. The Bertz CT molecular complexity index is 1470. The zero-order valence-electron chi connectivity index (χ0n) is 31.8. The zero-order chi connectivity index (χ0) is 39.5. The number of methoxy groups -OCH3 is 1. The van der Waals surface area contributed by atoms with Gasteiger partial charge in [-0.3, -0.25) is 28.9 Å². The van der Waals surface area contributed by atoms with Gasteiger partial charge in [0.1, 0.15) is 24.2 Å². The number of nitrogens with two attached hydrogens (primary N) is 2. The van der Waals surface area contributed by atoms with Crippen LogP contribution in [0.1, 0.15) is 71.4 Å². The molecule has 0 spiro atoms. The molecule has 0 fully saturated rings. The largest absolute Gasteiger partial charge is 0.467 e. The van der Waals surface area contributed by atoms with Gasteiger partial charge < -0.3 is 36.9 Å². The number of imide groups is 1. The van der Waals surface area contributed by atoms with E-state index in [-0.39, 0.29) is 26.2 Å². The minimum atomic E-state index is -1.25. The molecule has 14 heteroatoms. The highest BCUT2D eigenvalue weighted by Crippen LogP contribution is 2.19. The van der Waals surface area contributed by atoms with Crippen molar-refractivity contribution in [3.8, 4) is 0 Å². The molecule has 2 rings (SSSR count). The molecule has 14 nitrogen and oxygen atoms in total. The van der Waals surface area contributed by atoms with Crippen LogP contribution in [0.15, 0.2) is 60.7 Å². The van der Waals surface area contributed by atoms with Gasteiger partial charge in [0, 0.05) is 13.0 Å². The van der Waals surface area contributed by atoms with Gasteiger partial charge >= 0.3 is 5.97 Å². The summed E-state index contributed by atoms with van der Waals surface area (Å²) in [6.07, 6.45) is 3.03. The third-order valence-corrected chi connectivity index (χ3v) is 8.80. The Labute approximate surface area is 313 Å². The summed E-state index contributed by atoms with van der Waals surface area (Å²) in [5.41, 5.74) is 14.4. The summed E-state index contributed by atoms with van der Waals surface area (Å²) < 4.78 is 10.5. The van der Waals surface area contributed by atoms with Crippen molar-refractivity contribution in [2.24, 2.45) is 23.3 Å². The first-order chi connectivity index (χ1) is 25.2. The van der Waals surface area contributed by atoms with E-state index in [0.29, 0.717) is 6.42 Å². The van der Waals surface area contributed by atoms with Crippen LogP contribution in [0.5, 0.6) is 0 Å². The third kappa shape index (κ3) is 15.1. The van der Waals surface area contributed by atoms with E-state index in [9.17, 15) is 28.8 Å². The van der Waals surface area contributed by atoms with E-state index < -0.39 is 77.6 Å². The number of hydrogen-bond acceptors (Lipinski definition) is 10. The van der Waals surface area contributed by atoms with Crippen LogP contribution in [0.3, 0.4) is 0 Å². The van der Waals surface area contributed by atoms with Gasteiger partial charge in [0.15, 0.2) is 0 Å². The number of nitrogens with one attached hydrogen (secondary N) is 3. The Balaban J connectivity index is 1.90. The molecule has 7 N–H and O–H groups in total. The quantitative estimate of drug-likeness (QED) is 0.0876.